The van der Waals surface area contributed by atoms with Crippen LogP contribution in [-0.4, -0.2) is 134 Å². The number of nitrogens with two attached hydrogens (primary N) is 1. The summed E-state index contributed by atoms with van der Waals surface area (Å²) in [6, 6.07) is -0.149. The number of ether oxygens (including phenoxy) is 1. The van der Waals surface area contributed by atoms with Gasteiger partial charge in [0.15, 0.2) is 0 Å². The zero-order chi connectivity index (χ0) is 48.7. The number of benzene rings is 1. The zero-order valence-electron chi connectivity index (χ0n) is 36.2. The van der Waals surface area contributed by atoms with E-state index in [1.807, 2.05) is 12.1 Å². The van der Waals surface area contributed by atoms with Gasteiger partial charge in [0.05, 0.1) is 6.42 Å². The molecule has 362 valence electrons. The van der Waals surface area contributed by atoms with E-state index in [0.717, 1.165) is 59.3 Å². The normalized spacial score (nSPS) is 21.2. The van der Waals surface area contributed by atoms with Crippen LogP contribution in [0.4, 0.5) is 0 Å². The summed E-state index contributed by atoms with van der Waals surface area (Å²) >= 11 is 0. The van der Waals surface area contributed by atoms with E-state index in [4.69, 9.17) is 25.8 Å². The minimum atomic E-state index is -1.58. The number of nitrogens with one attached hydrogen (secondary N) is 5. The van der Waals surface area contributed by atoms with Gasteiger partial charge in [-0.15, -0.1) is 0 Å². The molecule has 66 heavy (non-hydrogen) atoms. The number of hydrogen-bond donors (Lipinski definition) is 10. The van der Waals surface area contributed by atoms with Gasteiger partial charge < -0.3 is 57.5 Å². The summed E-state index contributed by atoms with van der Waals surface area (Å²) in [5.74, 6) is -9.22. The van der Waals surface area contributed by atoms with Crippen LogP contribution in [0.1, 0.15) is 94.6 Å². The molecule has 0 bridgehead atoms. The summed E-state index contributed by atoms with van der Waals surface area (Å²) in [4.78, 5) is 134. The van der Waals surface area contributed by atoms with E-state index < -0.39 is 116 Å². The van der Waals surface area contributed by atoms with Gasteiger partial charge in [-0.25, -0.2) is 4.79 Å². The number of ketones is 1. The van der Waals surface area contributed by atoms with Crippen LogP contribution >= 0.6 is 21.6 Å². The quantitative estimate of drug-likeness (QED) is 0.0255. The fraction of sp³-hybridized carbons (Fsp3) is 0.595. The first-order valence-corrected chi connectivity index (χ1v) is 23.9. The number of carbonyl (C=O) groups is 11. The minimum absolute atomic E-state index is 0.220. The van der Waals surface area contributed by atoms with Crippen molar-refractivity contribution in [1.82, 2.24) is 26.6 Å². The highest BCUT2D eigenvalue weighted by molar-refractivity contribution is 8.76. The second-order valence-corrected chi connectivity index (χ2v) is 19.2. The number of fused-ring (bicyclic) bond motifs is 5. The minimum Gasteiger partial charge on any atom is -0.480 e. The molecule has 3 aliphatic carbocycles. The maximum absolute atomic E-state index is 13.0. The SMILES string of the molecule is C[C@]12CC[C@@H]3c4ccc(OC(=O)CCC(=O)NC(CCC(=O)NC(CSSCC(NC(=O)CCC(N)C(=O)O)C(=O)NCC(=O)O)C(=O)NCC(=O)O)C(=O)O)cc4CC[C@H]3[C@@H]1CCC2=O. The van der Waals surface area contributed by atoms with E-state index in [1.54, 1.807) is 6.07 Å². The molecule has 1 aromatic carbocycles. The standard InChI is InChI=1S/C42H56N6O16S2/c1-42-15-14-24-23-5-3-22(16-21(23)2-4-25(24)26(42)6-9-31(42)49)64-37(57)13-12-34(52)46-28(41(62)63)8-11-33(51)48-30(39(59)45-18-36(55)56)20-66-65-19-29(38(58)44-17-35(53)54)47-32(50)10-7-27(43)40(60)61/h3,5,16,24-30H,2,4,6-15,17-20,43H2,1H3,(H,44,58)(H,45,59)(H,46,52)(H,47,50)(H,48,51)(H,53,54)(H,55,56)(H,60,61)(H,62,63)/t24-,25-,26+,27?,28?,29?,30?,42+/m1/s1. The number of amides is 5. The Balaban J connectivity index is 1.25. The van der Waals surface area contributed by atoms with Gasteiger partial charge in [-0.05, 0) is 86.0 Å². The third-order valence-electron chi connectivity index (χ3n) is 12.2. The highest BCUT2D eigenvalue weighted by Gasteiger charge is 2.54. The summed E-state index contributed by atoms with van der Waals surface area (Å²) in [7, 11) is 1.79. The van der Waals surface area contributed by atoms with Crippen molar-refractivity contribution in [3.63, 3.8) is 0 Å². The zero-order valence-corrected chi connectivity index (χ0v) is 37.8. The van der Waals surface area contributed by atoms with Crippen molar-refractivity contribution in [3.05, 3.63) is 29.3 Å². The van der Waals surface area contributed by atoms with Crippen LogP contribution < -0.4 is 37.1 Å². The van der Waals surface area contributed by atoms with Crippen LogP contribution in [-0.2, 0) is 59.2 Å². The Bertz CT molecular complexity index is 2060. The first-order valence-electron chi connectivity index (χ1n) is 21.4. The lowest BCUT2D eigenvalue weighted by molar-refractivity contribution is -0.142. The Labute approximate surface area is 386 Å². The number of esters is 1. The number of carboxylic acids is 4. The maximum atomic E-state index is 13.0. The third-order valence-corrected chi connectivity index (χ3v) is 14.6. The molecule has 0 heterocycles. The van der Waals surface area contributed by atoms with Gasteiger partial charge in [-0.1, -0.05) is 34.6 Å². The Morgan fingerprint density at radius 2 is 1.29 bits per heavy atom. The second kappa shape index (κ2) is 24.7. The number of rotatable bonds is 26. The van der Waals surface area contributed by atoms with Gasteiger partial charge in [-0.2, -0.15) is 0 Å². The molecule has 0 radical (unpaired) electrons. The Hall–Kier alpha value is -5.75. The van der Waals surface area contributed by atoms with Gasteiger partial charge in [0.25, 0.3) is 0 Å². The average molecular weight is 965 g/mol. The highest BCUT2D eigenvalue weighted by atomic mass is 33.1. The van der Waals surface area contributed by atoms with Crippen molar-refractivity contribution in [2.75, 3.05) is 24.6 Å². The third kappa shape index (κ3) is 15.4. The molecule has 0 saturated heterocycles. The van der Waals surface area contributed by atoms with E-state index in [2.05, 4.69) is 33.5 Å². The van der Waals surface area contributed by atoms with E-state index in [-0.39, 0.29) is 36.2 Å². The van der Waals surface area contributed by atoms with Crippen LogP contribution in [0.2, 0.25) is 0 Å². The number of Topliss-reactive ketones (excluding diaryl/α,β-unsaturated/α-hetero) is 1. The number of carboxylic acid groups (broad SMARTS) is 4. The van der Waals surface area contributed by atoms with Crippen molar-refractivity contribution in [2.24, 2.45) is 23.0 Å². The largest absolute Gasteiger partial charge is 0.480 e. The predicted octanol–water partition coefficient (Wildman–Crippen LogP) is 0.0917. The lowest BCUT2D eigenvalue weighted by atomic mass is 9.55. The highest BCUT2D eigenvalue weighted by Crippen LogP contribution is 2.59. The van der Waals surface area contributed by atoms with Crippen LogP contribution in [0.5, 0.6) is 5.75 Å². The van der Waals surface area contributed by atoms with E-state index >= 15 is 0 Å². The molecule has 0 spiro atoms. The maximum Gasteiger partial charge on any atom is 0.326 e. The second-order valence-electron chi connectivity index (χ2n) is 16.7. The van der Waals surface area contributed by atoms with Gasteiger partial charge >= 0.3 is 29.8 Å². The van der Waals surface area contributed by atoms with Gasteiger partial charge in [0, 0.05) is 42.6 Å². The molecule has 0 aromatic heterocycles. The van der Waals surface area contributed by atoms with Crippen LogP contribution in [0, 0.1) is 17.3 Å². The van der Waals surface area contributed by atoms with Crippen molar-refractivity contribution >= 4 is 86.8 Å². The Morgan fingerprint density at radius 3 is 1.85 bits per heavy atom. The molecule has 24 heteroatoms. The molecule has 4 unspecified atom stereocenters. The molecule has 11 N–H and O–H groups in total. The monoisotopic (exact) mass is 964 g/mol. The van der Waals surface area contributed by atoms with E-state index in [9.17, 15) is 57.8 Å². The summed E-state index contributed by atoms with van der Waals surface area (Å²) in [6.07, 6.45) is 2.67. The van der Waals surface area contributed by atoms with Crippen LogP contribution in [0.3, 0.4) is 0 Å². The summed E-state index contributed by atoms with van der Waals surface area (Å²) in [6.45, 7) is 0.520. The van der Waals surface area contributed by atoms with Crippen molar-refractivity contribution < 1.29 is 77.9 Å². The first-order chi connectivity index (χ1) is 31.2. The lowest BCUT2D eigenvalue weighted by Gasteiger charge is -2.48. The lowest BCUT2D eigenvalue weighted by Crippen LogP contribution is -2.50. The van der Waals surface area contributed by atoms with E-state index in [1.165, 1.54) is 5.56 Å². The summed E-state index contributed by atoms with van der Waals surface area (Å²) in [5.41, 5.74) is 7.47. The first kappa shape index (κ1) is 52.9. The van der Waals surface area contributed by atoms with Crippen molar-refractivity contribution in [2.45, 2.75) is 114 Å². The molecular formula is C42H56N6O16S2. The Kier molecular flexibility index (Phi) is 19.8. The molecule has 2 fully saturated rings. The van der Waals surface area contributed by atoms with Gasteiger partial charge in [0.2, 0.25) is 29.5 Å². The van der Waals surface area contributed by atoms with Gasteiger partial charge in [-0.3, -0.25) is 47.9 Å². The topological polar surface area (TPSA) is 364 Å². The Morgan fingerprint density at radius 1 is 0.727 bits per heavy atom. The summed E-state index contributed by atoms with van der Waals surface area (Å²) < 4.78 is 5.52. The number of aryl methyl sites for hydroxylation is 1. The fourth-order valence-electron chi connectivity index (χ4n) is 8.70. The number of aliphatic carboxylic acids is 4. The smallest absolute Gasteiger partial charge is 0.326 e. The molecule has 0 aliphatic heterocycles. The molecule has 4 rings (SSSR count). The van der Waals surface area contributed by atoms with Crippen LogP contribution in [0.15, 0.2) is 18.2 Å². The van der Waals surface area contributed by atoms with Crippen LogP contribution in [0.25, 0.3) is 0 Å². The van der Waals surface area contributed by atoms with Crippen molar-refractivity contribution in [3.8, 4) is 5.75 Å². The summed E-state index contributed by atoms with van der Waals surface area (Å²) in [5, 5.41) is 47.9. The van der Waals surface area contributed by atoms with Crippen molar-refractivity contribution in [1.29, 1.82) is 0 Å². The van der Waals surface area contributed by atoms with Gasteiger partial charge in [0.1, 0.15) is 48.8 Å². The number of carbonyl (C=O) groups excluding carboxylic acids is 7. The molecule has 5 amide bonds. The predicted molar refractivity (Wildman–Crippen MR) is 235 cm³/mol. The molecule has 3 aliphatic rings. The molecule has 8 atom stereocenters. The molecule has 22 nitrogen and oxygen atoms in total. The fourth-order valence-corrected chi connectivity index (χ4v) is 11.0. The molecule has 2 saturated carbocycles. The number of hydrogen-bond acceptors (Lipinski definition) is 15. The molecular weight excluding hydrogens is 909 g/mol. The van der Waals surface area contributed by atoms with E-state index in [0.29, 0.717) is 35.7 Å². The molecule has 1 aromatic rings. The average Bonchev–Trinajstić information content (AvgIpc) is 3.57.